The Balaban J connectivity index is 1.32. The fraction of sp³-hybridized carbons (Fsp3) is 0.400. The van der Waals surface area contributed by atoms with Crippen LogP contribution in [-0.2, 0) is 29.8 Å². The van der Waals surface area contributed by atoms with Gasteiger partial charge in [-0.25, -0.2) is 0 Å². The molecule has 4 fully saturated rings. The lowest BCUT2D eigenvalue weighted by molar-refractivity contribution is -0.0659. The molecule has 4 nitrogen and oxygen atoms in total. The van der Waals surface area contributed by atoms with Gasteiger partial charge in [0, 0.05) is 10.5 Å². The third kappa shape index (κ3) is 5.61. The second kappa shape index (κ2) is 13.1. The smallest absolute Gasteiger partial charge is 0.510 e. The predicted molar refractivity (Wildman–Crippen MR) is 194 cm³/mol. The topological polar surface area (TPSA) is 36.9 Å². The van der Waals surface area contributed by atoms with Crippen LogP contribution in [0.4, 0.5) is 0 Å². The molecule has 0 N–H and O–H groups in total. The fourth-order valence-corrected chi connectivity index (χ4v) is 9.75. The summed E-state index contributed by atoms with van der Waals surface area (Å²) in [6.07, 6.45) is 7.21. The van der Waals surface area contributed by atoms with E-state index in [4.69, 9.17) is 43.9 Å². The van der Waals surface area contributed by atoms with Gasteiger partial charge in [-0.3, -0.25) is 0 Å². The van der Waals surface area contributed by atoms with Gasteiger partial charge in [-0.15, -0.1) is 0 Å². The van der Waals surface area contributed by atoms with Crippen LogP contribution in [0.15, 0.2) is 121 Å². The van der Waals surface area contributed by atoms with Crippen molar-refractivity contribution in [2.45, 2.75) is 85.3 Å². The molecule has 244 valence electrons. The molecular formula is C40H44BO4S2-. The Bertz CT molecular complexity index is 1490. The number of hydrogen-bond donors (Lipinski definition) is 2. The summed E-state index contributed by atoms with van der Waals surface area (Å²) < 4.78 is 29.9. The van der Waals surface area contributed by atoms with Crippen molar-refractivity contribution in [3.63, 3.8) is 0 Å². The van der Waals surface area contributed by atoms with Crippen LogP contribution in [0.25, 0.3) is 0 Å². The van der Waals surface area contributed by atoms with E-state index >= 15 is 0 Å². The highest BCUT2D eigenvalue weighted by Gasteiger charge is 2.67. The molecule has 0 amide bonds. The molecule has 1 spiro atoms. The summed E-state index contributed by atoms with van der Waals surface area (Å²) in [7, 11) is 0. The summed E-state index contributed by atoms with van der Waals surface area (Å²) in [5.74, 6) is 0.377. The second-order valence-electron chi connectivity index (χ2n) is 14.0. The maximum absolute atomic E-state index is 7.62. The highest BCUT2D eigenvalue weighted by atomic mass is 32.1. The van der Waals surface area contributed by atoms with Gasteiger partial charge in [-0.05, 0) is 85.5 Å². The summed E-state index contributed by atoms with van der Waals surface area (Å²) in [5, 5.41) is 0.787. The summed E-state index contributed by atoms with van der Waals surface area (Å²) in [6.45, 7) is -2.68. The van der Waals surface area contributed by atoms with Gasteiger partial charge in [-0.1, -0.05) is 121 Å². The first kappa shape index (κ1) is 31.7. The summed E-state index contributed by atoms with van der Waals surface area (Å²) in [6, 6.07) is 42.5. The zero-order chi connectivity index (χ0) is 31.9. The summed E-state index contributed by atoms with van der Waals surface area (Å²) in [5.41, 5.74) is 2.72. The maximum Gasteiger partial charge on any atom is 0.533 e. The molecule has 0 bridgehead atoms. The molecule has 4 aromatic rings. The molecule has 2 aliphatic heterocycles. The average molecular weight is 664 g/mol. The van der Waals surface area contributed by atoms with Crippen molar-refractivity contribution in [3.8, 4) is 0 Å². The molecule has 2 saturated carbocycles. The zero-order valence-electron chi connectivity index (χ0n) is 26.8. The van der Waals surface area contributed by atoms with Crippen LogP contribution in [0.5, 0.6) is 0 Å². The first-order chi connectivity index (χ1) is 23.0. The Morgan fingerprint density at radius 3 is 1.11 bits per heavy atom. The molecule has 0 radical (unpaired) electrons. The molecule has 2 aliphatic carbocycles. The van der Waals surface area contributed by atoms with Crippen molar-refractivity contribution >= 4 is 32.2 Å². The largest absolute Gasteiger partial charge is 0.533 e. The van der Waals surface area contributed by atoms with Gasteiger partial charge < -0.3 is 18.6 Å². The molecule has 4 atom stereocenters. The van der Waals surface area contributed by atoms with Gasteiger partial charge in [0.05, 0.1) is 23.4 Å². The lowest BCUT2D eigenvalue weighted by Gasteiger charge is -2.48. The minimum Gasteiger partial charge on any atom is -0.510 e. The van der Waals surface area contributed by atoms with Crippen molar-refractivity contribution in [1.29, 1.82) is 0 Å². The van der Waals surface area contributed by atoms with E-state index in [1.54, 1.807) is 0 Å². The molecule has 8 rings (SSSR count). The van der Waals surface area contributed by atoms with Crippen molar-refractivity contribution in [3.05, 3.63) is 144 Å². The van der Waals surface area contributed by atoms with Gasteiger partial charge in [-0.2, -0.15) is 25.3 Å². The molecule has 4 aromatic carbocycles. The lowest BCUT2D eigenvalue weighted by Crippen LogP contribution is -2.49. The third-order valence-corrected chi connectivity index (χ3v) is 12.4. The van der Waals surface area contributed by atoms with Gasteiger partial charge in [0.2, 0.25) is 0 Å². The zero-order valence-corrected chi connectivity index (χ0v) is 28.6. The summed E-state index contributed by atoms with van der Waals surface area (Å²) >= 11 is 9.78. The molecule has 4 unspecified atom stereocenters. The number of benzene rings is 4. The van der Waals surface area contributed by atoms with Crippen LogP contribution in [0.2, 0.25) is 0 Å². The van der Waals surface area contributed by atoms with Crippen LogP contribution in [-0.4, -0.2) is 17.5 Å². The summed E-state index contributed by atoms with van der Waals surface area (Å²) in [4.78, 5) is 0. The Kier molecular flexibility index (Phi) is 8.83. The van der Waals surface area contributed by atoms with Crippen LogP contribution < -0.4 is 0 Å². The van der Waals surface area contributed by atoms with E-state index < -0.39 is 30.4 Å². The average Bonchev–Trinajstić information content (AvgIpc) is 3.66. The lowest BCUT2D eigenvalue weighted by atomic mass is 9.69. The normalized spacial score (nSPS) is 37.2. The van der Waals surface area contributed by atoms with E-state index in [2.05, 4.69) is 121 Å². The van der Waals surface area contributed by atoms with Crippen molar-refractivity contribution in [1.82, 2.24) is 0 Å². The van der Waals surface area contributed by atoms with E-state index in [1.807, 2.05) is 0 Å². The molecule has 2 saturated heterocycles. The number of rotatable bonds is 6. The Labute approximate surface area is 290 Å². The van der Waals surface area contributed by atoms with Crippen LogP contribution in [0.3, 0.4) is 0 Å². The molecule has 4 aliphatic rings. The fourth-order valence-electron chi connectivity index (χ4n) is 9.15. The highest BCUT2D eigenvalue weighted by Crippen LogP contribution is 2.65. The van der Waals surface area contributed by atoms with Gasteiger partial charge >= 0.3 is 6.96 Å². The van der Waals surface area contributed by atoms with Crippen molar-refractivity contribution < 1.29 is 18.6 Å². The Morgan fingerprint density at radius 2 is 0.766 bits per heavy atom. The molecule has 0 aromatic heterocycles. The van der Waals surface area contributed by atoms with Crippen LogP contribution >= 0.6 is 25.3 Å². The first-order valence-corrected chi connectivity index (χ1v) is 18.5. The standard InChI is InChI=1S/C40H44BO4S2/c46-35-25-21-33(22-26-35)39(31-17-9-3-10-18-31)37(29-13-5-1-6-14-29)42-41(44-39)43-38(30-15-7-2-8-16-30)40(45-41,32-19-11-4-12-20-32)34-23-27-36(47)28-24-34/h1-20,33-38,46-47H,21-28H2/q-1. The second-order valence-corrected chi connectivity index (χ2v) is 15.5. The van der Waals surface area contributed by atoms with E-state index in [1.165, 1.54) is 0 Å². The molecule has 7 heteroatoms. The first-order valence-electron chi connectivity index (χ1n) is 17.5. The maximum atomic E-state index is 7.62. The predicted octanol–water partition coefficient (Wildman–Crippen LogP) is 9.77. The van der Waals surface area contributed by atoms with Crippen molar-refractivity contribution in [2.24, 2.45) is 11.8 Å². The number of hydrogen-bond acceptors (Lipinski definition) is 6. The minimum absolute atomic E-state index is 0.188. The highest BCUT2D eigenvalue weighted by molar-refractivity contribution is 7.81. The van der Waals surface area contributed by atoms with E-state index in [-0.39, 0.29) is 11.8 Å². The number of thiol groups is 2. The van der Waals surface area contributed by atoms with E-state index in [9.17, 15) is 0 Å². The minimum atomic E-state index is -2.68. The molecule has 2 heterocycles. The van der Waals surface area contributed by atoms with Crippen LogP contribution in [0.1, 0.15) is 85.8 Å². The SMILES string of the molecule is SC1CCC(C2(c3ccccc3)O[B-]3(OC2c2ccccc2)OC(c2ccccc2)C(c2ccccc2)(C2CCC(S)CC2)O3)CC1. The van der Waals surface area contributed by atoms with Crippen LogP contribution in [0, 0.1) is 11.8 Å². The van der Waals surface area contributed by atoms with E-state index in [0.717, 1.165) is 73.6 Å². The Morgan fingerprint density at radius 1 is 0.447 bits per heavy atom. The third-order valence-electron chi connectivity index (χ3n) is 11.3. The van der Waals surface area contributed by atoms with Gasteiger partial charge in [0.15, 0.2) is 0 Å². The Hall–Kier alpha value is -2.52. The quantitative estimate of drug-likeness (QED) is 0.159. The van der Waals surface area contributed by atoms with Gasteiger partial charge in [0.1, 0.15) is 0 Å². The monoisotopic (exact) mass is 663 g/mol. The molecule has 47 heavy (non-hydrogen) atoms. The van der Waals surface area contributed by atoms with E-state index in [0.29, 0.717) is 10.5 Å². The van der Waals surface area contributed by atoms with Gasteiger partial charge in [0.25, 0.3) is 0 Å². The molecular weight excluding hydrogens is 619 g/mol. The van der Waals surface area contributed by atoms with Crippen molar-refractivity contribution in [2.75, 3.05) is 0 Å².